The molecule has 0 aromatic heterocycles. The zero-order valence-corrected chi connectivity index (χ0v) is 8.77. The van der Waals surface area contributed by atoms with Crippen LogP contribution in [0.3, 0.4) is 0 Å². The van der Waals surface area contributed by atoms with E-state index in [0.717, 1.165) is 0 Å². The Balaban J connectivity index is 2.21. The predicted molar refractivity (Wildman–Crippen MR) is 57.7 cm³/mol. The summed E-state index contributed by atoms with van der Waals surface area (Å²) in [5, 5.41) is 3.32. The molecule has 1 amide bonds. The van der Waals surface area contributed by atoms with Crippen molar-refractivity contribution >= 4 is 23.2 Å². The van der Waals surface area contributed by atoms with Crippen LogP contribution in [0.15, 0.2) is 18.2 Å². The molecule has 0 bridgehead atoms. The maximum absolute atomic E-state index is 10.8. The number of carbonyl (C=O) groups is 1. The second-order valence-electron chi connectivity index (χ2n) is 3.69. The number of halogens is 1. The lowest BCUT2D eigenvalue weighted by Crippen LogP contribution is -2.06. The Labute approximate surface area is 88.3 Å². The monoisotopic (exact) mass is 209 g/mol. The molecule has 0 atom stereocenters. The summed E-state index contributed by atoms with van der Waals surface area (Å²) in [6.07, 6.45) is 2.52. The van der Waals surface area contributed by atoms with Gasteiger partial charge in [-0.2, -0.15) is 0 Å². The largest absolute Gasteiger partial charge is 0.325 e. The second-order valence-corrected chi connectivity index (χ2v) is 4.10. The van der Waals surface area contributed by atoms with E-state index in [0.29, 0.717) is 16.6 Å². The fraction of sp³-hybridized carbons (Fsp3) is 0.364. The van der Waals surface area contributed by atoms with Crippen LogP contribution in [0, 0.1) is 0 Å². The Bertz CT molecular complexity index is 372. The molecule has 1 fully saturated rings. The molecule has 0 aliphatic heterocycles. The minimum Gasteiger partial charge on any atom is -0.325 e. The number of nitrogens with one attached hydrogen (secondary N) is 1. The fourth-order valence-electron chi connectivity index (χ4n) is 1.49. The van der Waals surface area contributed by atoms with E-state index in [9.17, 15) is 4.79 Å². The molecule has 1 N–H and O–H groups in total. The number of hydrogen-bond donors (Lipinski definition) is 1. The van der Waals surface area contributed by atoms with Crippen LogP contribution in [0.25, 0.3) is 0 Å². The maximum Gasteiger partial charge on any atom is 0.221 e. The van der Waals surface area contributed by atoms with Crippen LogP contribution < -0.4 is 5.32 Å². The number of hydrogen-bond acceptors (Lipinski definition) is 1. The van der Waals surface area contributed by atoms with Crippen molar-refractivity contribution in [2.45, 2.75) is 25.7 Å². The summed E-state index contributed by atoms with van der Waals surface area (Å²) in [5.41, 5.74) is 1.98. The first-order chi connectivity index (χ1) is 6.66. The van der Waals surface area contributed by atoms with Gasteiger partial charge in [-0.15, -0.1) is 0 Å². The van der Waals surface area contributed by atoms with Crippen molar-refractivity contribution < 1.29 is 4.79 Å². The second kappa shape index (κ2) is 3.62. The zero-order valence-electron chi connectivity index (χ0n) is 8.01. The molecule has 1 aliphatic rings. The van der Waals surface area contributed by atoms with E-state index in [1.54, 1.807) is 0 Å². The van der Waals surface area contributed by atoms with Gasteiger partial charge in [0.2, 0.25) is 5.91 Å². The van der Waals surface area contributed by atoms with Crippen LogP contribution in [0.1, 0.15) is 31.2 Å². The fourth-order valence-corrected chi connectivity index (χ4v) is 1.73. The molecule has 0 radical (unpaired) electrons. The van der Waals surface area contributed by atoms with E-state index in [-0.39, 0.29) is 5.91 Å². The Morgan fingerprint density at radius 2 is 2.21 bits per heavy atom. The summed E-state index contributed by atoms with van der Waals surface area (Å²) < 4.78 is 0. The summed E-state index contributed by atoms with van der Waals surface area (Å²) in [6.45, 7) is 1.48. The van der Waals surface area contributed by atoms with Crippen LogP contribution in [0.5, 0.6) is 0 Å². The van der Waals surface area contributed by atoms with Gasteiger partial charge in [-0.25, -0.2) is 0 Å². The number of anilines is 1. The first kappa shape index (κ1) is 9.53. The average Bonchev–Trinajstić information content (AvgIpc) is 2.90. The quantitative estimate of drug-likeness (QED) is 0.797. The molecule has 0 heterocycles. The lowest BCUT2D eigenvalue weighted by Gasteiger charge is -2.06. The lowest BCUT2D eigenvalue weighted by molar-refractivity contribution is -0.114. The average molecular weight is 210 g/mol. The van der Waals surface area contributed by atoms with Crippen LogP contribution in [0.4, 0.5) is 5.69 Å². The first-order valence-corrected chi connectivity index (χ1v) is 5.11. The van der Waals surface area contributed by atoms with Crippen molar-refractivity contribution in [2.24, 2.45) is 0 Å². The summed E-state index contributed by atoms with van der Waals surface area (Å²) in [5.74, 6) is 0.602. The molecule has 1 aliphatic carbocycles. The highest BCUT2D eigenvalue weighted by molar-refractivity contribution is 6.33. The van der Waals surface area contributed by atoms with Crippen molar-refractivity contribution in [1.82, 2.24) is 0 Å². The van der Waals surface area contributed by atoms with Crippen molar-refractivity contribution in [3.63, 3.8) is 0 Å². The number of rotatable bonds is 2. The van der Waals surface area contributed by atoms with E-state index in [2.05, 4.69) is 5.32 Å². The Morgan fingerprint density at radius 1 is 1.50 bits per heavy atom. The van der Waals surface area contributed by atoms with Gasteiger partial charge in [0, 0.05) is 6.92 Å². The minimum absolute atomic E-state index is 0.0916. The molecular formula is C11H12ClNO. The van der Waals surface area contributed by atoms with Crippen molar-refractivity contribution in [3.05, 3.63) is 28.8 Å². The zero-order chi connectivity index (χ0) is 10.1. The highest BCUT2D eigenvalue weighted by Crippen LogP contribution is 2.41. The summed E-state index contributed by atoms with van der Waals surface area (Å²) in [4.78, 5) is 10.8. The normalized spacial score (nSPS) is 15.3. The summed E-state index contributed by atoms with van der Waals surface area (Å²) >= 11 is 6.03. The van der Waals surface area contributed by atoms with Crippen molar-refractivity contribution in [1.29, 1.82) is 0 Å². The summed E-state index contributed by atoms with van der Waals surface area (Å²) in [6, 6.07) is 5.86. The van der Waals surface area contributed by atoms with E-state index >= 15 is 0 Å². The maximum atomic E-state index is 10.8. The third-order valence-electron chi connectivity index (χ3n) is 2.35. The van der Waals surface area contributed by atoms with Gasteiger partial charge < -0.3 is 5.32 Å². The molecule has 1 aromatic carbocycles. The van der Waals surface area contributed by atoms with Crippen LogP contribution in [-0.2, 0) is 4.79 Å². The lowest BCUT2D eigenvalue weighted by atomic mass is 10.1. The van der Waals surface area contributed by atoms with Crippen molar-refractivity contribution in [3.8, 4) is 0 Å². The molecule has 0 saturated heterocycles. The molecule has 1 aromatic rings. The third kappa shape index (κ3) is 2.07. The Morgan fingerprint density at radius 3 is 2.71 bits per heavy atom. The van der Waals surface area contributed by atoms with Gasteiger partial charge in [-0.05, 0) is 36.5 Å². The van der Waals surface area contributed by atoms with Gasteiger partial charge in [0.05, 0.1) is 10.7 Å². The van der Waals surface area contributed by atoms with Gasteiger partial charge in [-0.3, -0.25) is 4.79 Å². The van der Waals surface area contributed by atoms with E-state index in [1.165, 1.54) is 25.3 Å². The summed E-state index contributed by atoms with van der Waals surface area (Å²) in [7, 11) is 0. The smallest absolute Gasteiger partial charge is 0.221 e. The third-order valence-corrected chi connectivity index (χ3v) is 2.67. The van der Waals surface area contributed by atoms with Crippen LogP contribution in [-0.4, -0.2) is 5.91 Å². The topological polar surface area (TPSA) is 29.1 Å². The molecule has 1 saturated carbocycles. The van der Waals surface area contributed by atoms with Gasteiger partial charge in [-0.1, -0.05) is 17.7 Å². The van der Waals surface area contributed by atoms with Gasteiger partial charge in [0.1, 0.15) is 0 Å². The first-order valence-electron chi connectivity index (χ1n) is 4.74. The molecule has 14 heavy (non-hydrogen) atoms. The van der Waals surface area contributed by atoms with E-state index in [1.807, 2.05) is 18.2 Å². The van der Waals surface area contributed by atoms with Gasteiger partial charge in [0.25, 0.3) is 0 Å². The molecule has 74 valence electrons. The van der Waals surface area contributed by atoms with E-state index < -0.39 is 0 Å². The highest BCUT2D eigenvalue weighted by Gasteiger charge is 2.23. The predicted octanol–water partition coefficient (Wildman–Crippen LogP) is 3.18. The Kier molecular flexibility index (Phi) is 2.46. The SMILES string of the molecule is CC(=O)Nc1ccc(C2CC2)cc1Cl. The number of carbonyl (C=O) groups excluding carboxylic acids is 1. The number of amides is 1. The highest BCUT2D eigenvalue weighted by atomic mass is 35.5. The Hall–Kier alpha value is -1.02. The molecular weight excluding hydrogens is 198 g/mol. The molecule has 2 rings (SSSR count). The van der Waals surface area contributed by atoms with Crippen LogP contribution >= 0.6 is 11.6 Å². The number of benzene rings is 1. The van der Waals surface area contributed by atoms with E-state index in [4.69, 9.17) is 11.6 Å². The molecule has 3 heteroatoms. The molecule has 0 unspecified atom stereocenters. The molecule has 2 nitrogen and oxygen atoms in total. The minimum atomic E-state index is -0.0916. The standard InChI is InChI=1S/C11H12ClNO/c1-7(14)13-11-5-4-9(6-10(11)12)8-2-3-8/h4-6,8H,2-3H2,1H3,(H,13,14). The van der Waals surface area contributed by atoms with Crippen LogP contribution in [0.2, 0.25) is 5.02 Å². The van der Waals surface area contributed by atoms with Gasteiger partial charge in [0.15, 0.2) is 0 Å². The van der Waals surface area contributed by atoms with Crippen molar-refractivity contribution in [2.75, 3.05) is 5.32 Å². The van der Waals surface area contributed by atoms with Gasteiger partial charge >= 0.3 is 0 Å². The molecule has 0 spiro atoms.